The number of rotatable bonds is 4. The van der Waals surface area contributed by atoms with E-state index in [-0.39, 0.29) is 17.1 Å². The molecular weight excluding hydrogens is 356 g/mol. The number of hydrazone groups is 2. The average molecular weight is 370 g/mol. The van der Waals surface area contributed by atoms with Gasteiger partial charge in [0.15, 0.2) is 0 Å². The summed E-state index contributed by atoms with van der Waals surface area (Å²) in [5.74, 6) is 0. The molecule has 0 spiro atoms. The van der Waals surface area contributed by atoms with Crippen molar-refractivity contribution in [1.29, 1.82) is 0 Å². The van der Waals surface area contributed by atoms with Crippen LogP contribution < -0.4 is 10.9 Å². The Balaban J connectivity index is 0.00000400. The fraction of sp³-hybridized carbons (Fsp3) is 0.167. The van der Waals surface area contributed by atoms with Crippen LogP contribution in [0.3, 0.4) is 0 Å². The molecule has 1 radical (unpaired) electrons. The Morgan fingerprint density at radius 2 is 1.57 bits per heavy atom. The Kier molecular flexibility index (Phi) is 10.3. The molecule has 0 bridgehead atoms. The van der Waals surface area contributed by atoms with E-state index in [0.717, 1.165) is 5.56 Å². The summed E-state index contributed by atoms with van der Waals surface area (Å²) in [6, 6.07) is 9.53. The molecule has 0 heterocycles. The molecule has 21 heavy (non-hydrogen) atoms. The van der Waals surface area contributed by atoms with Crippen LogP contribution in [-0.2, 0) is 42.3 Å². The first-order valence-corrected chi connectivity index (χ1v) is 6.44. The van der Waals surface area contributed by atoms with E-state index >= 15 is 0 Å². The summed E-state index contributed by atoms with van der Waals surface area (Å²) in [4.78, 5) is 7.55. The second-order valence-corrected chi connectivity index (χ2v) is 4.18. The van der Waals surface area contributed by atoms with Crippen LogP contribution in [0.25, 0.3) is 0 Å². The maximum absolute atomic E-state index is 4.92. The Hall–Kier alpha value is -1.54. The predicted molar refractivity (Wildman–Crippen MR) is 89.2 cm³/mol. The molecule has 0 atom stereocenters. The molecule has 0 unspecified atom stereocenters. The first-order valence-electron chi connectivity index (χ1n) is 5.63. The van der Waals surface area contributed by atoms with Crippen LogP contribution in [0.1, 0.15) is 5.56 Å². The standard InChI is InChI=1S/C12H16N6S2.Cu/c1-13-11(19)17-15-8-10(16-18-12(20)14-2)9-6-4-3-5-7-9;/h3-8H,1-2H3,(H2,13,17,19)(H2,14,18,20);/q;+2/p-2/b15-8-,16-10+;. The molecule has 0 saturated carbocycles. The number of aliphatic imine (C=N–C) groups is 2. The Bertz CT molecular complexity index is 542. The molecule has 0 aromatic heterocycles. The van der Waals surface area contributed by atoms with Crippen molar-refractivity contribution in [2.45, 2.75) is 0 Å². The Labute approximate surface area is 145 Å². The van der Waals surface area contributed by atoms with Gasteiger partial charge in [-0.3, -0.25) is 20.8 Å². The van der Waals surface area contributed by atoms with Gasteiger partial charge in [-0.25, -0.2) is 0 Å². The summed E-state index contributed by atoms with van der Waals surface area (Å²) in [6.07, 6.45) is 1.53. The number of amidine groups is 2. The van der Waals surface area contributed by atoms with E-state index in [1.54, 1.807) is 14.1 Å². The van der Waals surface area contributed by atoms with Crippen LogP contribution in [-0.4, -0.2) is 36.4 Å². The topological polar surface area (TPSA) is 73.5 Å². The largest absolute Gasteiger partial charge is 2.00 e. The quantitative estimate of drug-likeness (QED) is 0.268. The van der Waals surface area contributed by atoms with Crippen LogP contribution >= 0.6 is 0 Å². The summed E-state index contributed by atoms with van der Waals surface area (Å²) >= 11 is 9.78. The Morgan fingerprint density at radius 1 is 1.00 bits per heavy atom. The summed E-state index contributed by atoms with van der Waals surface area (Å²) in [6.45, 7) is 0. The van der Waals surface area contributed by atoms with E-state index in [9.17, 15) is 0 Å². The first-order chi connectivity index (χ1) is 9.67. The molecule has 0 saturated heterocycles. The zero-order chi connectivity index (χ0) is 14.8. The smallest absolute Gasteiger partial charge is 0.741 e. The zero-order valence-electron chi connectivity index (χ0n) is 11.4. The van der Waals surface area contributed by atoms with Gasteiger partial charge in [0.1, 0.15) is 5.71 Å². The number of hydrogen-bond acceptors (Lipinski definition) is 6. The van der Waals surface area contributed by atoms with Gasteiger partial charge >= 0.3 is 17.1 Å². The third-order valence-electron chi connectivity index (χ3n) is 2.09. The molecule has 115 valence electrons. The van der Waals surface area contributed by atoms with Crippen LogP contribution in [0.4, 0.5) is 0 Å². The minimum absolute atomic E-state index is 0. The third-order valence-corrected chi connectivity index (χ3v) is 2.64. The Morgan fingerprint density at radius 3 is 2.14 bits per heavy atom. The van der Waals surface area contributed by atoms with Crippen molar-refractivity contribution in [3.8, 4) is 0 Å². The summed E-state index contributed by atoms with van der Waals surface area (Å²) in [7, 11) is 3.17. The van der Waals surface area contributed by atoms with E-state index < -0.39 is 0 Å². The van der Waals surface area contributed by atoms with Crippen molar-refractivity contribution < 1.29 is 17.1 Å². The fourth-order valence-electron chi connectivity index (χ4n) is 1.13. The molecule has 0 fully saturated rings. The van der Waals surface area contributed by atoms with Gasteiger partial charge in [-0.1, -0.05) is 30.3 Å². The van der Waals surface area contributed by atoms with Crippen LogP contribution in [0.2, 0.25) is 0 Å². The molecule has 0 aliphatic heterocycles. The summed E-state index contributed by atoms with van der Waals surface area (Å²) in [5.41, 5.74) is 6.73. The summed E-state index contributed by atoms with van der Waals surface area (Å²) < 4.78 is 0. The molecule has 0 amide bonds. The normalized spacial score (nSPS) is 13.0. The molecule has 0 aliphatic rings. The molecule has 1 aromatic rings. The van der Waals surface area contributed by atoms with Crippen molar-refractivity contribution in [2.24, 2.45) is 20.2 Å². The van der Waals surface area contributed by atoms with Crippen molar-refractivity contribution in [1.82, 2.24) is 10.9 Å². The van der Waals surface area contributed by atoms with Crippen molar-refractivity contribution in [3.05, 3.63) is 35.9 Å². The predicted octanol–water partition coefficient (Wildman–Crippen LogP) is 0.619. The van der Waals surface area contributed by atoms with Crippen molar-refractivity contribution >= 4 is 47.5 Å². The molecule has 0 aliphatic carbocycles. The van der Waals surface area contributed by atoms with Gasteiger partial charge in [-0.05, 0) is 10.3 Å². The van der Waals surface area contributed by atoms with Gasteiger partial charge in [-0.15, -0.1) is 0 Å². The van der Waals surface area contributed by atoms with Crippen LogP contribution in [0.5, 0.6) is 0 Å². The molecule has 1 aromatic carbocycles. The first kappa shape index (κ1) is 19.5. The molecule has 9 heteroatoms. The molecular formula is C12H14CuN6S2. The number of nitrogens with zero attached hydrogens (tertiary/aromatic N) is 4. The van der Waals surface area contributed by atoms with Gasteiger partial charge in [0.2, 0.25) is 0 Å². The van der Waals surface area contributed by atoms with E-state index in [4.69, 9.17) is 25.3 Å². The maximum atomic E-state index is 4.92. The second kappa shape index (κ2) is 11.2. The monoisotopic (exact) mass is 369 g/mol. The van der Waals surface area contributed by atoms with Gasteiger partial charge in [-0.2, -0.15) is 10.2 Å². The van der Waals surface area contributed by atoms with Crippen molar-refractivity contribution in [3.63, 3.8) is 0 Å². The molecule has 6 nitrogen and oxygen atoms in total. The van der Waals surface area contributed by atoms with E-state index in [0.29, 0.717) is 16.0 Å². The van der Waals surface area contributed by atoms with Crippen molar-refractivity contribution in [2.75, 3.05) is 14.1 Å². The fourth-order valence-corrected chi connectivity index (χ4v) is 1.23. The minimum Gasteiger partial charge on any atom is -0.741 e. The molecule has 1 rings (SSSR count). The number of benzene rings is 1. The average Bonchev–Trinajstić information content (AvgIpc) is 2.50. The van der Waals surface area contributed by atoms with E-state index in [1.807, 2.05) is 30.3 Å². The van der Waals surface area contributed by atoms with Crippen LogP contribution in [0.15, 0.2) is 50.5 Å². The number of hydrogen-bond donors (Lipinski definition) is 2. The van der Waals surface area contributed by atoms with Gasteiger partial charge in [0.05, 0.1) is 6.21 Å². The number of nitrogens with one attached hydrogen (secondary N) is 2. The maximum Gasteiger partial charge on any atom is 2.00 e. The SMILES string of the molecule is CN=C([S-])N/N=C\C(=N/NC([S-])=NC)c1ccccc1.[Cu+2]. The van der Waals surface area contributed by atoms with Gasteiger partial charge in [0.25, 0.3) is 0 Å². The van der Waals surface area contributed by atoms with E-state index in [2.05, 4.69) is 31.0 Å². The minimum atomic E-state index is 0. The summed E-state index contributed by atoms with van der Waals surface area (Å²) in [5, 5.41) is 8.71. The third kappa shape index (κ3) is 7.72. The van der Waals surface area contributed by atoms with Gasteiger partial charge < -0.3 is 25.3 Å². The molecule has 2 N–H and O–H groups in total. The van der Waals surface area contributed by atoms with Gasteiger partial charge in [0, 0.05) is 19.7 Å². The van der Waals surface area contributed by atoms with E-state index in [1.165, 1.54) is 6.21 Å². The van der Waals surface area contributed by atoms with Crippen LogP contribution in [0, 0.1) is 0 Å². The zero-order valence-corrected chi connectivity index (χ0v) is 13.9. The second-order valence-electron chi connectivity index (χ2n) is 3.40.